The van der Waals surface area contributed by atoms with Crippen LogP contribution in [0.3, 0.4) is 0 Å². The smallest absolute Gasteiger partial charge is 0.136 e. The minimum absolute atomic E-state index is 0.793. The average molecular weight is 248 g/mol. The lowest BCUT2D eigenvalue weighted by molar-refractivity contribution is 0.586. The van der Waals surface area contributed by atoms with E-state index in [1.54, 1.807) is 0 Å². The Morgan fingerprint density at radius 1 is 1.12 bits per heavy atom. The number of pyridine rings is 1. The van der Waals surface area contributed by atoms with E-state index in [9.17, 15) is 0 Å². The summed E-state index contributed by atoms with van der Waals surface area (Å²) in [4.78, 5) is 6.83. The second-order valence-corrected chi connectivity index (χ2v) is 4.61. The molecule has 88 valence electrons. The normalized spacial score (nSPS) is 16.4. The molecular weight excluding hydrogens is 234 g/mol. The highest BCUT2D eigenvalue weighted by molar-refractivity contribution is 6.35. The molecule has 0 aliphatic carbocycles. The Bertz CT molecular complexity index is 535. The summed E-state index contributed by atoms with van der Waals surface area (Å²) in [6, 6.07) is 7.97. The lowest BCUT2D eigenvalue weighted by atomic mass is 10.1. The number of hydrogen-bond acceptors (Lipinski definition) is 3. The van der Waals surface area contributed by atoms with Gasteiger partial charge in [0.05, 0.1) is 0 Å². The van der Waals surface area contributed by atoms with Crippen molar-refractivity contribution in [3.8, 4) is 0 Å². The zero-order valence-electron chi connectivity index (χ0n) is 9.49. The van der Waals surface area contributed by atoms with Gasteiger partial charge in [-0.05, 0) is 12.1 Å². The molecule has 0 unspecified atom stereocenters. The highest BCUT2D eigenvalue weighted by Crippen LogP contribution is 2.29. The maximum Gasteiger partial charge on any atom is 0.136 e. The molecule has 0 saturated carbocycles. The molecule has 1 aromatic heterocycles. The van der Waals surface area contributed by atoms with Gasteiger partial charge in [-0.1, -0.05) is 23.7 Å². The van der Waals surface area contributed by atoms with Crippen LogP contribution in [0.2, 0.25) is 5.02 Å². The first kappa shape index (κ1) is 10.8. The molecule has 1 fully saturated rings. The van der Waals surface area contributed by atoms with Crippen LogP contribution in [0.25, 0.3) is 10.8 Å². The maximum atomic E-state index is 6.21. The second-order valence-electron chi connectivity index (χ2n) is 4.21. The molecule has 1 aliphatic rings. The highest BCUT2D eigenvalue weighted by Gasteiger charge is 2.14. The van der Waals surface area contributed by atoms with Crippen LogP contribution >= 0.6 is 11.6 Å². The third kappa shape index (κ3) is 1.96. The zero-order valence-corrected chi connectivity index (χ0v) is 10.2. The van der Waals surface area contributed by atoms with E-state index in [1.165, 1.54) is 0 Å². The van der Waals surface area contributed by atoms with Crippen molar-refractivity contribution in [1.82, 2.24) is 10.3 Å². The van der Waals surface area contributed by atoms with E-state index < -0.39 is 0 Å². The molecule has 0 spiro atoms. The summed E-state index contributed by atoms with van der Waals surface area (Å²) >= 11 is 6.21. The monoisotopic (exact) mass is 247 g/mol. The predicted molar refractivity (Wildman–Crippen MR) is 71.8 cm³/mol. The Morgan fingerprint density at radius 2 is 1.94 bits per heavy atom. The van der Waals surface area contributed by atoms with Crippen LogP contribution in [0, 0.1) is 0 Å². The minimum atomic E-state index is 0.793. The van der Waals surface area contributed by atoms with Crippen molar-refractivity contribution in [2.24, 2.45) is 0 Å². The first-order valence-corrected chi connectivity index (χ1v) is 6.23. The number of aromatic nitrogens is 1. The fourth-order valence-electron chi connectivity index (χ4n) is 2.28. The molecule has 0 bridgehead atoms. The molecule has 2 aromatic rings. The Kier molecular flexibility index (Phi) is 2.87. The molecule has 1 aromatic carbocycles. The highest BCUT2D eigenvalue weighted by atomic mass is 35.5. The molecule has 0 radical (unpaired) electrons. The van der Waals surface area contributed by atoms with Crippen LogP contribution in [0.5, 0.6) is 0 Å². The minimum Gasteiger partial charge on any atom is -0.354 e. The molecule has 0 amide bonds. The van der Waals surface area contributed by atoms with Gasteiger partial charge in [-0.3, -0.25) is 0 Å². The van der Waals surface area contributed by atoms with E-state index in [-0.39, 0.29) is 0 Å². The van der Waals surface area contributed by atoms with Crippen LogP contribution in [0.1, 0.15) is 0 Å². The third-order valence-electron chi connectivity index (χ3n) is 3.15. The summed E-state index contributed by atoms with van der Waals surface area (Å²) in [6.45, 7) is 4.02. The van der Waals surface area contributed by atoms with Crippen molar-refractivity contribution >= 4 is 28.2 Å². The Labute approximate surface area is 105 Å². The van der Waals surface area contributed by atoms with E-state index in [4.69, 9.17) is 11.6 Å². The summed E-state index contributed by atoms with van der Waals surface area (Å²) in [5.41, 5.74) is 0. The van der Waals surface area contributed by atoms with E-state index in [0.717, 1.165) is 47.8 Å². The van der Waals surface area contributed by atoms with Gasteiger partial charge in [0, 0.05) is 48.2 Å². The summed E-state index contributed by atoms with van der Waals surface area (Å²) in [5.74, 6) is 1.05. The van der Waals surface area contributed by atoms with Gasteiger partial charge in [0.1, 0.15) is 5.82 Å². The first-order valence-electron chi connectivity index (χ1n) is 5.85. The van der Waals surface area contributed by atoms with Crippen LogP contribution < -0.4 is 10.2 Å². The summed E-state index contributed by atoms with van der Waals surface area (Å²) in [7, 11) is 0. The van der Waals surface area contributed by atoms with E-state index in [2.05, 4.69) is 21.3 Å². The van der Waals surface area contributed by atoms with Gasteiger partial charge in [-0.15, -0.1) is 0 Å². The number of piperazine rings is 1. The molecule has 4 heteroatoms. The Balaban J connectivity index is 2.12. The molecule has 2 heterocycles. The summed E-state index contributed by atoms with van der Waals surface area (Å²) in [6.07, 6.45) is 1.84. The van der Waals surface area contributed by atoms with Crippen LogP contribution in [-0.4, -0.2) is 31.2 Å². The first-order chi connectivity index (χ1) is 8.36. The summed E-state index contributed by atoms with van der Waals surface area (Å²) < 4.78 is 0. The van der Waals surface area contributed by atoms with Gasteiger partial charge in [0.25, 0.3) is 0 Å². The van der Waals surface area contributed by atoms with Gasteiger partial charge in [0.2, 0.25) is 0 Å². The molecular formula is C13H14ClN3. The van der Waals surface area contributed by atoms with Crippen LogP contribution in [0.4, 0.5) is 5.82 Å². The van der Waals surface area contributed by atoms with Crippen molar-refractivity contribution in [3.05, 3.63) is 35.5 Å². The van der Waals surface area contributed by atoms with Gasteiger partial charge in [-0.25, -0.2) is 4.98 Å². The number of hydrogen-bond donors (Lipinski definition) is 1. The molecule has 1 aliphatic heterocycles. The average Bonchev–Trinajstić information content (AvgIpc) is 2.40. The van der Waals surface area contributed by atoms with Crippen LogP contribution in [-0.2, 0) is 0 Å². The number of nitrogens with one attached hydrogen (secondary N) is 1. The number of fused-ring (bicyclic) bond motifs is 1. The largest absolute Gasteiger partial charge is 0.354 e. The SMILES string of the molecule is Clc1cccc2c(N3CCNCC3)nccc12. The number of benzene rings is 1. The quantitative estimate of drug-likeness (QED) is 0.838. The van der Waals surface area contributed by atoms with Gasteiger partial charge in [-0.2, -0.15) is 0 Å². The second kappa shape index (κ2) is 4.51. The van der Waals surface area contributed by atoms with Crippen LogP contribution in [0.15, 0.2) is 30.5 Å². The molecule has 1 saturated heterocycles. The van der Waals surface area contributed by atoms with Crippen molar-refractivity contribution in [2.75, 3.05) is 31.1 Å². The molecule has 3 rings (SSSR count). The van der Waals surface area contributed by atoms with Gasteiger partial charge < -0.3 is 10.2 Å². The van der Waals surface area contributed by atoms with E-state index in [1.807, 2.05) is 24.4 Å². The Morgan fingerprint density at radius 3 is 2.76 bits per heavy atom. The molecule has 17 heavy (non-hydrogen) atoms. The van der Waals surface area contributed by atoms with Crippen molar-refractivity contribution < 1.29 is 0 Å². The molecule has 1 N–H and O–H groups in total. The van der Waals surface area contributed by atoms with Gasteiger partial charge in [0.15, 0.2) is 0 Å². The van der Waals surface area contributed by atoms with Gasteiger partial charge >= 0.3 is 0 Å². The van der Waals surface area contributed by atoms with E-state index >= 15 is 0 Å². The number of halogens is 1. The lowest BCUT2D eigenvalue weighted by Crippen LogP contribution is -2.43. The number of rotatable bonds is 1. The standard InChI is InChI=1S/C13H14ClN3/c14-12-3-1-2-11-10(12)4-5-16-13(11)17-8-6-15-7-9-17/h1-5,15H,6-9H2. The van der Waals surface area contributed by atoms with Crippen molar-refractivity contribution in [3.63, 3.8) is 0 Å². The number of anilines is 1. The van der Waals surface area contributed by atoms with Crippen molar-refractivity contribution in [1.29, 1.82) is 0 Å². The zero-order chi connectivity index (χ0) is 11.7. The molecule has 3 nitrogen and oxygen atoms in total. The fourth-order valence-corrected chi connectivity index (χ4v) is 2.52. The summed E-state index contributed by atoms with van der Waals surface area (Å²) in [5, 5.41) is 6.36. The lowest BCUT2D eigenvalue weighted by Gasteiger charge is -2.29. The van der Waals surface area contributed by atoms with E-state index in [0.29, 0.717) is 0 Å². The predicted octanol–water partition coefficient (Wildman–Crippen LogP) is 2.30. The van der Waals surface area contributed by atoms with Crippen molar-refractivity contribution in [2.45, 2.75) is 0 Å². The third-order valence-corrected chi connectivity index (χ3v) is 3.48. The Hall–Kier alpha value is -1.32. The topological polar surface area (TPSA) is 28.2 Å². The number of nitrogens with zero attached hydrogens (tertiary/aromatic N) is 2. The fraction of sp³-hybridized carbons (Fsp3) is 0.308. The molecule has 0 atom stereocenters. The maximum absolute atomic E-state index is 6.21.